The van der Waals surface area contributed by atoms with Crippen molar-refractivity contribution in [2.24, 2.45) is 0 Å². The van der Waals surface area contributed by atoms with Crippen molar-refractivity contribution in [2.45, 2.75) is 26.9 Å². The average Bonchev–Trinajstić information content (AvgIpc) is 3.45. The molecule has 0 saturated heterocycles. The number of hydrogen-bond acceptors (Lipinski definition) is 0. The van der Waals surface area contributed by atoms with Crippen LogP contribution in [-0.2, 0) is 23.3 Å². The normalized spacial score (nSPS) is 9.84. The molecule has 0 N–H and O–H groups in total. The van der Waals surface area contributed by atoms with E-state index in [-0.39, 0.29) is 14.8 Å². The monoisotopic (exact) mass is 596 g/mol. The van der Waals surface area contributed by atoms with Crippen molar-refractivity contribution in [2.75, 3.05) is 0 Å². The second-order valence-corrected chi connectivity index (χ2v) is 18.8. The first-order valence-electron chi connectivity index (χ1n) is 12.4. The molecule has 0 aliphatic heterocycles. The van der Waals surface area contributed by atoms with Gasteiger partial charge < -0.3 is 9.41 Å². The molecule has 6 aromatic carbocycles. The molecule has 0 radical (unpaired) electrons. The Morgan fingerprint density at radius 2 is 0.868 bits per heavy atom. The minimum atomic E-state index is 0. The maximum absolute atomic E-state index is 2.31. The molecule has 0 aromatic heterocycles. The molecular formula is C34H32F2SiZr-2. The largest absolute Gasteiger partial charge is 1.00 e. The van der Waals surface area contributed by atoms with Crippen LogP contribution in [0.2, 0.25) is 13.1 Å². The molecule has 0 atom stereocenters. The molecule has 0 spiro atoms. The van der Waals surface area contributed by atoms with Gasteiger partial charge in [0, 0.05) is 0 Å². The van der Waals surface area contributed by atoms with E-state index in [4.69, 9.17) is 0 Å². The number of fused-ring (bicyclic) bond motifs is 2. The first kappa shape index (κ1) is 31.3. The molecule has 4 heteroatoms. The zero-order valence-corrected chi connectivity index (χ0v) is 25.8. The predicted molar refractivity (Wildman–Crippen MR) is 157 cm³/mol. The van der Waals surface area contributed by atoms with E-state index in [1.807, 2.05) is 0 Å². The third kappa shape index (κ3) is 8.03. The molecule has 6 aromatic rings. The van der Waals surface area contributed by atoms with Gasteiger partial charge in [0.25, 0.3) is 0 Å². The Balaban J connectivity index is 0.000000224. The summed E-state index contributed by atoms with van der Waals surface area (Å²) >= 11 is 1.74. The third-order valence-corrected chi connectivity index (χ3v) is 5.96. The molecular weight excluding hydrogens is 566 g/mol. The fourth-order valence-electron chi connectivity index (χ4n) is 4.51. The average molecular weight is 598 g/mol. The van der Waals surface area contributed by atoms with Crippen molar-refractivity contribution < 1.29 is 32.7 Å². The van der Waals surface area contributed by atoms with E-state index in [1.165, 1.54) is 54.9 Å². The smallest absolute Gasteiger partial charge is 0.0279 e. The zero-order valence-electron chi connectivity index (χ0n) is 22.3. The first-order valence-corrected chi connectivity index (χ1v) is 18.6. The van der Waals surface area contributed by atoms with Crippen LogP contribution >= 0.6 is 0 Å². The Hall–Kier alpha value is -2.94. The summed E-state index contributed by atoms with van der Waals surface area (Å²) in [7, 11) is 0. The predicted octanol–water partition coefficient (Wildman–Crippen LogP) is 3.86. The van der Waals surface area contributed by atoms with Crippen molar-refractivity contribution in [1.29, 1.82) is 0 Å². The summed E-state index contributed by atoms with van der Waals surface area (Å²) in [6.07, 6.45) is 0. The Morgan fingerprint density at radius 1 is 0.526 bits per heavy atom. The Labute approximate surface area is 240 Å². The number of hydrogen-bond donors (Lipinski definition) is 0. The van der Waals surface area contributed by atoms with E-state index in [1.54, 1.807) is 23.3 Å². The topological polar surface area (TPSA) is 0 Å². The fraction of sp³-hybridized carbons (Fsp3) is 0.118. The number of aryl methyl sites for hydroxylation is 2. The fourth-order valence-corrected chi connectivity index (χ4v) is 4.51. The van der Waals surface area contributed by atoms with Crippen LogP contribution in [-0.4, -0.2) is 5.43 Å². The molecule has 6 rings (SSSR count). The van der Waals surface area contributed by atoms with Crippen LogP contribution in [0.25, 0.3) is 43.8 Å². The number of halogens is 2. The minimum absolute atomic E-state index is 0. The van der Waals surface area contributed by atoms with Crippen LogP contribution in [0.1, 0.15) is 11.1 Å². The van der Waals surface area contributed by atoms with E-state index < -0.39 is 0 Å². The number of rotatable bonds is 2. The van der Waals surface area contributed by atoms with E-state index in [2.05, 4.69) is 148 Å². The summed E-state index contributed by atoms with van der Waals surface area (Å²) in [5.74, 6) is 0. The standard InChI is InChI=1S/2C16H13.C2H6Si.2FH.Zr/c2*1-12-10-14-8-5-9-15(16(14)11-12)13-6-3-2-4-7-13;1-3-2;;;/h2*2-11H,1H3;1-2H3;2*1H;/q2*-1;;;;+2/p-2. The van der Waals surface area contributed by atoms with E-state index >= 15 is 0 Å². The molecule has 0 unspecified atom stereocenters. The third-order valence-electron chi connectivity index (χ3n) is 5.96. The Morgan fingerprint density at radius 3 is 1.21 bits per heavy atom. The van der Waals surface area contributed by atoms with Crippen LogP contribution in [0.4, 0.5) is 0 Å². The van der Waals surface area contributed by atoms with Crippen LogP contribution in [0, 0.1) is 13.8 Å². The molecule has 0 nitrogen and oxygen atoms in total. The molecule has 0 aliphatic rings. The van der Waals surface area contributed by atoms with Gasteiger partial charge in [-0.2, -0.15) is 12.1 Å². The van der Waals surface area contributed by atoms with Gasteiger partial charge in [0.15, 0.2) is 0 Å². The van der Waals surface area contributed by atoms with Gasteiger partial charge in [-0.05, 0) is 11.1 Å². The van der Waals surface area contributed by atoms with Crippen LogP contribution in [0.15, 0.2) is 121 Å². The molecule has 0 saturated carbocycles. The minimum Gasteiger partial charge on any atom is -1.00 e. The molecule has 0 amide bonds. The molecule has 0 fully saturated rings. The van der Waals surface area contributed by atoms with Gasteiger partial charge in [0.05, 0.1) is 0 Å². The summed E-state index contributed by atoms with van der Waals surface area (Å²) in [6.45, 7) is 8.91. The van der Waals surface area contributed by atoms with Gasteiger partial charge in [-0.15, -0.1) is 69.1 Å². The zero-order chi connectivity index (χ0) is 25.5. The van der Waals surface area contributed by atoms with E-state index in [9.17, 15) is 0 Å². The van der Waals surface area contributed by atoms with Crippen molar-refractivity contribution in [3.63, 3.8) is 0 Å². The van der Waals surface area contributed by atoms with Gasteiger partial charge in [-0.25, -0.2) is 0 Å². The van der Waals surface area contributed by atoms with Crippen LogP contribution in [0.3, 0.4) is 0 Å². The summed E-state index contributed by atoms with van der Waals surface area (Å²) in [6, 6.07) is 43.1. The van der Waals surface area contributed by atoms with Crippen LogP contribution in [0.5, 0.6) is 0 Å². The molecule has 0 heterocycles. The van der Waals surface area contributed by atoms with Crippen molar-refractivity contribution in [3.05, 3.63) is 132 Å². The van der Waals surface area contributed by atoms with Gasteiger partial charge in [-0.1, -0.05) is 97.8 Å². The molecule has 38 heavy (non-hydrogen) atoms. The second-order valence-electron chi connectivity index (χ2n) is 9.41. The Bertz CT molecular complexity index is 1460. The van der Waals surface area contributed by atoms with Gasteiger partial charge >= 0.3 is 41.9 Å². The van der Waals surface area contributed by atoms with Crippen LogP contribution < -0.4 is 9.41 Å². The molecule has 0 bridgehead atoms. The maximum atomic E-state index is 2.31. The van der Waals surface area contributed by atoms with Crippen molar-refractivity contribution >= 4 is 27.0 Å². The van der Waals surface area contributed by atoms with Crippen molar-refractivity contribution in [3.8, 4) is 22.3 Å². The van der Waals surface area contributed by atoms with Crippen molar-refractivity contribution in [1.82, 2.24) is 0 Å². The number of benzene rings is 4. The van der Waals surface area contributed by atoms with Gasteiger partial charge in [0.2, 0.25) is 0 Å². The first-order chi connectivity index (χ1) is 17.4. The SMILES string of the molecule is C[Si](C)=[Zr+2].Cc1cc2c(-c3ccccc3)cccc2[cH-]1.Cc1cc2c(-c3ccccc3)cccc2[cH-]1.[F-].[F-]. The van der Waals surface area contributed by atoms with Gasteiger partial charge in [0.1, 0.15) is 0 Å². The maximum Gasteiger partial charge on any atom is -0.0279 e. The summed E-state index contributed by atoms with van der Waals surface area (Å²) in [5.41, 5.74) is 8.11. The summed E-state index contributed by atoms with van der Waals surface area (Å²) < 4.78 is 0. The summed E-state index contributed by atoms with van der Waals surface area (Å²) in [4.78, 5) is 0. The quantitative estimate of drug-likeness (QED) is 0.210. The molecule has 192 valence electrons. The van der Waals surface area contributed by atoms with Gasteiger partial charge in [-0.3, -0.25) is 0 Å². The Kier molecular flexibility index (Phi) is 12.2. The second kappa shape index (κ2) is 14.9. The molecule has 0 aliphatic carbocycles. The van der Waals surface area contributed by atoms with E-state index in [0.29, 0.717) is 0 Å². The van der Waals surface area contributed by atoms with E-state index in [0.717, 1.165) is 0 Å². The summed E-state index contributed by atoms with van der Waals surface area (Å²) in [5, 5.41) is 5.37.